The quantitative estimate of drug-likeness (QED) is 0.885. The number of anilines is 1. The van der Waals surface area contributed by atoms with Crippen molar-refractivity contribution in [2.24, 2.45) is 13.0 Å². The molecule has 2 N–H and O–H groups in total. The number of hydrogen-bond acceptors (Lipinski definition) is 4. The van der Waals surface area contributed by atoms with E-state index in [-0.39, 0.29) is 5.91 Å². The fourth-order valence-corrected chi connectivity index (χ4v) is 4.15. The Labute approximate surface area is 154 Å². The van der Waals surface area contributed by atoms with Gasteiger partial charge in [0.25, 0.3) is 0 Å². The maximum atomic E-state index is 12.5. The third-order valence-corrected chi connectivity index (χ3v) is 5.66. The Balaban J connectivity index is 1.36. The Morgan fingerprint density at radius 2 is 2.00 bits per heavy atom. The highest BCUT2D eigenvalue weighted by Crippen LogP contribution is 2.28. The molecule has 6 nitrogen and oxygen atoms in total. The van der Waals surface area contributed by atoms with Gasteiger partial charge in [-0.1, -0.05) is 24.3 Å². The van der Waals surface area contributed by atoms with E-state index in [0.717, 1.165) is 51.0 Å². The van der Waals surface area contributed by atoms with Gasteiger partial charge >= 0.3 is 0 Å². The first kappa shape index (κ1) is 17.2. The molecule has 26 heavy (non-hydrogen) atoms. The molecule has 1 fully saturated rings. The lowest BCUT2D eigenvalue weighted by Gasteiger charge is -2.23. The second-order valence-corrected chi connectivity index (χ2v) is 7.57. The van der Waals surface area contributed by atoms with E-state index < -0.39 is 0 Å². The normalized spacial score (nSPS) is 20.6. The minimum absolute atomic E-state index is 0.0433. The zero-order valence-electron chi connectivity index (χ0n) is 15.4. The predicted molar refractivity (Wildman–Crippen MR) is 101 cm³/mol. The van der Waals surface area contributed by atoms with Crippen molar-refractivity contribution in [1.29, 1.82) is 0 Å². The van der Waals surface area contributed by atoms with E-state index in [9.17, 15) is 4.79 Å². The van der Waals surface area contributed by atoms with Crippen LogP contribution in [-0.2, 0) is 24.7 Å². The van der Waals surface area contributed by atoms with Gasteiger partial charge in [-0.05, 0) is 62.2 Å². The minimum atomic E-state index is 0.0433. The lowest BCUT2D eigenvalue weighted by molar-refractivity contribution is -0.117. The number of amides is 1. The van der Waals surface area contributed by atoms with Crippen LogP contribution in [0, 0.1) is 5.92 Å². The average molecular weight is 353 g/mol. The fourth-order valence-electron chi connectivity index (χ4n) is 4.15. The van der Waals surface area contributed by atoms with Crippen LogP contribution in [0.25, 0.3) is 0 Å². The third kappa shape index (κ3) is 3.80. The molecule has 1 amide bonds. The highest BCUT2D eigenvalue weighted by Gasteiger charge is 2.23. The van der Waals surface area contributed by atoms with Crippen LogP contribution in [0.15, 0.2) is 24.3 Å². The molecule has 1 unspecified atom stereocenters. The van der Waals surface area contributed by atoms with Crippen LogP contribution < -0.4 is 10.6 Å². The average Bonchev–Trinajstić information content (AvgIpc) is 3.03. The molecule has 138 valence electrons. The van der Waals surface area contributed by atoms with Gasteiger partial charge in [-0.25, -0.2) is 4.68 Å². The lowest BCUT2D eigenvalue weighted by Crippen LogP contribution is -2.27. The summed E-state index contributed by atoms with van der Waals surface area (Å²) in [5, 5.41) is 10.9. The SMILES string of the molecule is Cn1nc(C2CCNCC2)nc1NC(=O)CC1CCc2ccccc2C1. The second kappa shape index (κ2) is 7.58. The van der Waals surface area contributed by atoms with Crippen molar-refractivity contribution >= 4 is 11.9 Å². The zero-order valence-corrected chi connectivity index (χ0v) is 15.4. The van der Waals surface area contributed by atoms with Crippen LogP contribution >= 0.6 is 0 Å². The van der Waals surface area contributed by atoms with E-state index in [1.807, 2.05) is 7.05 Å². The van der Waals surface area contributed by atoms with Gasteiger partial charge in [0.05, 0.1) is 0 Å². The monoisotopic (exact) mass is 353 g/mol. The third-order valence-electron chi connectivity index (χ3n) is 5.66. The van der Waals surface area contributed by atoms with Crippen LogP contribution in [0.2, 0.25) is 0 Å². The van der Waals surface area contributed by atoms with E-state index in [1.54, 1.807) is 4.68 Å². The number of carbonyl (C=O) groups is 1. The molecule has 0 radical (unpaired) electrons. The summed E-state index contributed by atoms with van der Waals surface area (Å²) in [7, 11) is 1.85. The molecule has 6 heteroatoms. The van der Waals surface area contributed by atoms with Gasteiger partial charge < -0.3 is 5.32 Å². The highest BCUT2D eigenvalue weighted by molar-refractivity contribution is 5.89. The zero-order chi connectivity index (χ0) is 17.9. The molecule has 2 heterocycles. The van der Waals surface area contributed by atoms with E-state index in [2.05, 4.69) is 45.0 Å². The molecule has 1 atom stereocenters. The summed E-state index contributed by atoms with van der Waals surface area (Å²) in [5.74, 6) is 2.27. The van der Waals surface area contributed by atoms with Crippen molar-refractivity contribution in [3.8, 4) is 0 Å². The Kier molecular flexibility index (Phi) is 5.02. The molecule has 0 spiro atoms. The molecule has 1 aliphatic carbocycles. The summed E-state index contributed by atoms with van der Waals surface area (Å²) < 4.78 is 1.70. The van der Waals surface area contributed by atoms with E-state index in [4.69, 9.17) is 0 Å². The molecule has 2 aliphatic rings. The summed E-state index contributed by atoms with van der Waals surface area (Å²) in [6.07, 6.45) is 5.78. The van der Waals surface area contributed by atoms with Crippen molar-refractivity contribution in [3.63, 3.8) is 0 Å². The molecule has 1 aromatic carbocycles. The van der Waals surface area contributed by atoms with Gasteiger partial charge in [-0.15, -0.1) is 0 Å². The number of benzene rings is 1. The number of aryl methyl sites for hydroxylation is 2. The molecule has 0 bridgehead atoms. The van der Waals surface area contributed by atoms with Crippen molar-refractivity contribution in [3.05, 3.63) is 41.2 Å². The standard InChI is InChI=1S/C20H27N5O/c1-25-20(23-19(24-25)16-8-10-21-11-9-16)22-18(26)13-14-6-7-15-4-2-3-5-17(15)12-14/h2-5,14,16,21H,6-13H2,1H3,(H,22,23,24,26). The van der Waals surface area contributed by atoms with E-state index in [1.165, 1.54) is 11.1 Å². The van der Waals surface area contributed by atoms with E-state index in [0.29, 0.717) is 24.2 Å². The lowest BCUT2D eigenvalue weighted by atomic mass is 9.82. The smallest absolute Gasteiger partial charge is 0.227 e. The van der Waals surface area contributed by atoms with Gasteiger partial charge in [0.1, 0.15) is 0 Å². The molecule has 4 rings (SSSR count). The summed E-state index contributed by atoms with van der Waals surface area (Å²) in [4.78, 5) is 17.1. The van der Waals surface area contributed by atoms with Gasteiger partial charge in [0.15, 0.2) is 5.82 Å². The van der Waals surface area contributed by atoms with Crippen molar-refractivity contribution < 1.29 is 4.79 Å². The Morgan fingerprint density at radius 1 is 1.23 bits per heavy atom. The summed E-state index contributed by atoms with van der Waals surface area (Å²) >= 11 is 0. The van der Waals surface area contributed by atoms with Gasteiger partial charge in [-0.2, -0.15) is 10.1 Å². The van der Waals surface area contributed by atoms with Crippen molar-refractivity contribution in [2.75, 3.05) is 18.4 Å². The fraction of sp³-hybridized carbons (Fsp3) is 0.550. The Bertz CT molecular complexity index is 778. The minimum Gasteiger partial charge on any atom is -0.317 e. The molecular formula is C20H27N5O. The van der Waals surface area contributed by atoms with Gasteiger partial charge in [0.2, 0.25) is 11.9 Å². The van der Waals surface area contributed by atoms with Gasteiger partial charge in [0, 0.05) is 19.4 Å². The first-order valence-corrected chi connectivity index (χ1v) is 9.67. The topological polar surface area (TPSA) is 71.8 Å². The predicted octanol–water partition coefficient (Wildman–Crippen LogP) is 2.42. The number of nitrogens with zero attached hydrogens (tertiary/aromatic N) is 3. The number of aromatic nitrogens is 3. The Hall–Kier alpha value is -2.21. The number of fused-ring (bicyclic) bond motifs is 1. The summed E-state index contributed by atoms with van der Waals surface area (Å²) in [6, 6.07) is 8.57. The molecule has 0 saturated carbocycles. The molecule has 1 aromatic heterocycles. The number of hydrogen-bond donors (Lipinski definition) is 2. The van der Waals surface area contributed by atoms with E-state index >= 15 is 0 Å². The van der Waals surface area contributed by atoms with Crippen LogP contribution in [0.5, 0.6) is 0 Å². The van der Waals surface area contributed by atoms with Crippen LogP contribution in [0.3, 0.4) is 0 Å². The first-order chi connectivity index (χ1) is 12.7. The summed E-state index contributed by atoms with van der Waals surface area (Å²) in [5.41, 5.74) is 2.83. The highest BCUT2D eigenvalue weighted by atomic mass is 16.1. The van der Waals surface area contributed by atoms with Crippen LogP contribution in [0.4, 0.5) is 5.95 Å². The van der Waals surface area contributed by atoms with Crippen molar-refractivity contribution in [1.82, 2.24) is 20.1 Å². The van der Waals surface area contributed by atoms with Gasteiger partial charge in [-0.3, -0.25) is 10.1 Å². The van der Waals surface area contributed by atoms with Crippen LogP contribution in [0.1, 0.15) is 48.6 Å². The molecular weight excluding hydrogens is 326 g/mol. The molecule has 1 saturated heterocycles. The molecule has 2 aromatic rings. The maximum Gasteiger partial charge on any atom is 0.227 e. The second-order valence-electron chi connectivity index (χ2n) is 7.57. The van der Waals surface area contributed by atoms with Crippen molar-refractivity contribution in [2.45, 2.75) is 44.4 Å². The largest absolute Gasteiger partial charge is 0.317 e. The maximum absolute atomic E-state index is 12.5. The Morgan fingerprint density at radius 3 is 2.81 bits per heavy atom. The van der Waals surface area contributed by atoms with Crippen LogP contribution in [-0.4, -0.2) is 33.8 Å². The summed E-state index contributed by atoms with van der Waals surface area (Å²) in [6.45, 7) is 2.02. The first-order valence-electron chi connectivity index (χ1n) is 9.67. The number of rotatable bonds is 4. The number of carbonyl (C=O) groups excluding carboxylic acids is 1. The number of piperidine rings is 1. The number of nitrogens with one attached hydrogen (secondary N) is 2. The molecule has 1 aliphatic heterocycles.